The first-order valence-corrected chi connectivity index (χ1v) is 20.1. The number of hydrogen-bond donors (Lipinski definition) is 5. The van der Waals surface area contributed by atoms with Crippen LogP contribution in [0.3, 0.4) is 0 Å². The van der Waals surface area contributed by atoms with Crippen LogP contribution in [0.2, 0.25) is 0 Å². The Labute approximate surface area is 310 Å². The van der Waals surface area contributed by atoms with Crippen LogP contribution in [0.5, 0.6) is 5.75 Å². The highest BCUT2D eigenvalue weighted by atomic mass is 32.3. The number of nitrogens with zero attached hydrogens (tertiary/aromatic N) is 5. The molecule has 0 radical (unpaired) electrons. The van der Waals surface area contributed by atoms with Crippen LogP contribution in [0.25, 0.3) is 10.8 Å². The third kappa shape index (κ3) is 11.5. The predicted molar refractivity (Wildman–Crippen MR) is 190 cm³/mol. The SMILES string of the molecule is CN(C)CCS(=O)(=O)c1ccc(N=Nc2c(N)ccc3c(O)c(N=Nc4ccc(SC#COOS(=O)(=O)O)cc4)c(SOOO)cc23)c(S(=O)(=O)O)c1. The molecule has 0 aliphatic carbocycles. The van der Waals surface area contributed by atoms with Crippen LogP contribution >= 0.6 is 23.8 Å². The topological polar surface area (TPSA) is 299 Å². The van der Waals surface area contributed by atoms with E-state index in [4.69, 9.17) is 15.5 Å². The molecule has 0 amide bonds. The zero-order valence-electron chi connectivity index (χ0n) is 26.9. The summed E-state index contributed by atoms with van der Waals surface area (Å²) in [5, 5.41) is 42.6. The van der Waals surface area contributed by atoms with E-state index in [0.29, 0.717) is 22.6 Å². The summed E-state index contributed by atoms with van der Waals surface area (Å²) in [6.07, 6.45) is 1.90. The second-order valence-electron chi connectivity index (χ2n) is 10.4. The van der Waals surface area contributed by atoms with Crippen molar-refractivity contribution in [2.45, 2.75) is 19.6 Å². The van der Waals surface area contributed by atoms with Crippen LogP contribution in [0.4, 0.5) is 28.4 Å². The number of nitrogen functional groups attached to an aromatic ring is 1. The zero-order chi connectivity index (χ0) is 39.0. The van der Waals surface area contributed by atoms with E-state index in [1.807, 2.05) is 6.11 Å². The molecule has 25 heteroatoms. The highest BCUT2D eigenvalue weighted by molar-refractivity contribution is 8.04. The number of nitrogens with two attached hydrogens (primary N) is 1. The van der Waals surface area contributed by atoms with Crippen molar-refractivity contribution in [2.75, 3.05) is 32.1 Å². The largest absolute Gasteiger partial charge is 0.505 e. The summed E-state index contributed by atoms with van der Waals surface area (Å²) in [5.74, 6) is -0.791. The van der Waals surface area contributed by atoms with E-state index in [-0.39, 0.29) is 49.9 Å². The minimum absolute atomic E-state index is 0.00163. The number of benzene rings is 4. The van der Waals surface area contributed by atoms with Crippen LogP contribution < -0.4 is 5.73 Å². The molecule has 0 spiro atoms. The molecule has 282 valence electrons. The summed E-state index contributed by atoms with van der Waals surface area (Å²) in [6, 6.07) is 13.3. The molecule has 0 saturated carbocycles. The lowest BCUT2D eigenvalue weighted by Gasteiger charge is -2.12. The molecule has 0 bridgehead atoms. The summed E-state index contributed by atoms with van der Waals surface area (Å²) in [5.41, 5.74) is 5.79. The van der Waals surface area contributed by atoms with Crippen molar-refractivity contribution in [1.82, 2.24) is 4.90 Å². The Morgan fingerprint density at radius 3 is 2.21 bits per heavy atom. The molecule has 0 aliphatic rings. The maximum atomic E-state index is 12.8. The van der Waals surface area contributed by atoms with Crippen LogP contribution in [0, 0.1) is 11.4 Å². The van der Waals surface area contributed by atoms with Gasteiger partial charge < -0.3 is 15.7 Å². The molecule has 4 rings (SSSR count). The van der Waals surface area contributed by atoms with Gasteiger partial charge in [0, 0.05) is 27.5 Å². The number of anilines is 1. The van der Waals surface area contributed by atoms with E-state index in [1.165, 1.54) is 30.3 Å². The first kappa shape index (κ1) is 41.3. The van der Waals surface area contributed by atoms with Crippen LogP contribution in [0.1, 0.15) is 0 Å². The summed E-state index contributed by atoms with van der Waals surface area (Å²) >= 11 is 1.32. The van der Waals surface area contributed by atoms with Gasteiger partial charge in [-0.25, -0.2) is 13.7 Å². The van der Waals surface area contributed by atoms with Gasteiger partial charge >= 0.3 is 10.4 Å². The molecule has 0 atom stereocenters. The van der Waals surface area contributed by atoms with Crippen LogP contribution in [-0.4, -0.2) is 76.0 Å². The number of thioether (sulfide) groups is 1. The Hall–Kier alpha value is -4.43. The number of phenolic OH excluding ortho intramolecular Hbond substituents is 1. The van der Waals surface area contributed by atoms with Crippen molar-refractivity contribution >= 4 is 93.4 Å². The van der Waals surface area contributed by atoms with Gasteiger partial charge in [0.25, 0.3) is 10.1 Å². The average Bonchev–Trinajstić information content (AvgIpc) is 3.08. The molecule has 0 heterocycles. The second kappa shape index (κ2) is 17.6. The fourth-order valence-electron chi connectivity index (χ4n) is 4.09. The van der Waals surface area contributed by atoms with Gasteiger partial charge in [-0.15, -0.1) is 19.7 Å². The van der Waals surface area contributed by atoms with Crippen molar-refractivity contribution in [3.63, 3.8) is 0 Å². The smallest absolute Gasteiger partial charge is 0.433 e. The third-order valence-electron chi connectivity index (χ3n) is 6.50. The van der Waals surface area contributed by atoms with Crippen molar-refractivity contribution in [3.8, 4) is 17.1 Å². The summed E-state index contributed by atoms with van der Waals surface area (Å²) < 4.78 is 97.6. The monoisotopic (exact) mass is 830 g/mol. The van der Waals surface area contributed by atoms with Gasteiger partial charge in [0.05, 0.1) is 39.0 Å². The highest BCUT2D eigenvalue weighted by Crippen LogP contribution is 2.48. The van der Waals surface area contributed by atoms with Gasteiger partial charge in [0.2, 0.25) is 0 Å². The van der Waals surface area contributed by atoms with E-state index in [2.05, 4.69) is 44.3 Å². The number of sulfone groups is 1. The van der Waals surface area contributed by atoms with Crippen molar-refractivity contribution in [1.29, 1.82) is 0 Å². The van der Waals surface area contributed by atoms with Gasteiger partial charge in [0.15, 0.2) is 21.7 Å². The predicted octanol–water partition coefficient (Wildman–Crippen LogP) is 5.73. The van der Waals surface area contributed by atoms with Gasteiger partial charge in [-0.1, -0.05) is 5.04 Å². The number of fused-ring (bicyclic) bond motifs is 1. The summed E-state index contributed by atoms with van der Waals surface area (Å²) in [6.45, 7) is 0.153. The van der Waals surface area contributed by atoms with E-state index < -0.39 is 46.7 Å². The molecular formula is C28H26N6O14S5. The number of hydrogen-bond acceptors (Lipinski definition) is 20. The van der Waals surface area contributed by atoms with E-state index in [0.717, 1.165) is 30.0 Å². The number of azo groups is 2. The molecule has 0 saturated heterocycles. The van der Waals surface area contributed by atoms with Gasteiger partial charge in [-0.05, 0) is 90.9 Å². The van der Waals surface area contributed by atoms with E-state index in [9.17, 15) is 34.9 Å². The zero-order valence-corrected chi connectivity index (χ0v) is 31.0. The Balaban J connectivity index is 1.70. The molecule has 6 N–H and O–H groups in total. The lowest BCUT2D eigenvalue weighted by Crippen LogP contribution is -2.22. The van der Waals surface area contributed by atoms with Crippen molar-refractivity contribution in [3.05, 3.63) is 60.7 Å². The van der Waals surface area contributed by atoms with Crippen LogP contribution in [0.15, 0.2) is 101 Å². The maximum absolute atomic E-state index is 12.8. The van der Waals surface area contributed by atoms with E-state index in [1.54, 1.807) is 31.1 Å². The van der Waals surface area contributed by atoms with Crippen molar-refractivity contribution in [2.24, 2.45) is 20.5 Å². The molecule has 4 aromatic rings. The highest BCUT2D eigenvalue weighted by Gasteiger charge is 2.23. The number of aromatic hydroxyl groups is 1. The molecule has 4 aromatic carbocycles. The molecule has 0 fully saturated rings. The fraction of sp³-hybridized carbons (Fsp3) is 0.143. The quantitative estimate of drug-likeness (QED) is 0.0140. The number of phenols is 1. The summed E-state index contributed by atoms with van der Waals surface area (Å²) in [7, 11) is -10.4. The minimum Gasteiger partial charge on any atom is -0.505 e. The van der Waals surface area contributed by atoms with Gasteiger partial charge in [0.1, 0.15) is 22.0 Å². The molecule has 0 unspecified atom stereocenters. The minimum atomic E-state index is -5.00. The lowest BCUT2D eigenvalue weighted by molar-refractivity contribution is -0.432. The standard InChI is InChI=1S/C28H26N6O14S5/c1-34(2)11-14-51(37,38)19-7-10-23(25(15-19)52(39,40)41)31-32-26-21-16-24(50-47-46-36)27(28(35)20(21)8-9-22(26)29)33-30-17-3-5-18(6-4-17)49-13-12-45-48-53(42,43)44/h3-10,15-16,35-36H,11,14,29H2,1-2H3,(H,39,40,41)(H,42,43,44). The van der Waals surface area contributed by atoms with E-state index >= 15 is 0 Å². The first-order valence-electron chi connectivity index (χ1n) is 14.0. The number of rotatable bonds is 15. The maximum Gasteiger partial charge on any atom is 0.433 e. The second-order valence-corrected chi connectivity index (χ2v) is 16.5. The van der Waals surface area contributed by atoms with Gasteiger partial charge in [-0.2, -0.15) is 21.9 Å². The van der Waals surface area contributed by atoms with Crippen molar-refractivity contribution < 1.29 is 63.3 Å². The third-order valence-corrected chi connectivity index (χ3v) is 10.6. The summed E-state index contributed by atoms with van der Waals surface area (Å²) in [4.78, 5) is 5.03. The Bertz CT molecular complexity index is 2450. The molecule has 0 aromatic heterocycles. The Kier molecular flexibility index (Phi) is 13.7. The molecule has 0 aliphatic heterocycles. The first-order chi connectivity index (χ1) is 24.9. The normalized spacial score (nSPS) is 12.5. The van der Waals surface area contributed by atoms with Crippen LogP contribution in [-0.2, 0) is 48.9 Å². The molecule has 53 heavy (non-hydrogen) atoms. The average molecular weight is 831 g/mol. The Morgan fingerprint density at radius 1 is 0.868 bits per heavy atom. The molecular weight excluding hydrogens is 805 g/mol. The molecule has 20 nitrogen and oxygen atoms in total. The Morgan fingerprint density at radius 2 is 1.57 bits per heavy atom. The lowest BCUT2D eigenvalue weighted by atomic mass is 10.1. The fourth-order valence-corrected chi connectivity index (χ4v) is 7.30. The van der Waals surface area contributed by atoms with Gasteiger partial charge in [-0.3, -0.25) is 14.0 Å².